The second kappa shape index (κ2) is 4.31. The lowest BCUT2D eigenvalue weighted by Crippen LogP contribution is -2.10. The van der Waals surface area contributed by atoms with Crippen molar-refractivity contribution in [1.82, 2.24) is 4.98 Å². The molecule has 4 heteroatoms. The quantitative estimate of drug-likeness (QED) is 0.803. The molecule has 0 radical (unpaired) electrons. The molecular formula is C11H14N2O2. The van der Waals surface area contributed by atoms with E-state index in [0.29, 0.717) is 13.0 Å². The van der Waals surface area contributed by atoms with Crippen molar-refractivity contribution in [2.45, 2.75) is 19.4 Å². The highest BCUT2D eigenvalue weighted by atomic mass is 16.3. The number of aromatic nitrogens is 1. The number of fused-ring (bicyclic) bond motifs is 1. The van der Waals surface area contributed by atoms with Crippen LogP contribution in [-0.2, 0) is 0 Å². The average Bonchev–Trinajstić information content (AvgIpc) is 2.65. The third kappa shape index (κ3) is 2.27. The summed E-state index contributed by atoms with van der Waals surface area (Å²) in [5.41, 5.74) is 0.824. The maximum Gasteiger partial charge on any atom is 0.139 e. The van der Waals surface area contributed by atoms with Crippen LogP contribution in [0.3, 0.4) is 0 Å². The predicted octanol–water partition coefficient (Wildman–Crippen LogP) is 2.01. The van der Waals surface area contributed by atoms with E-state index in [1.807, 2.05) is 12.1 Å². The molecule has 0 aliphatic heterocycles. The molecule has 0 aliphatic rings. The molecule has 0 aliphatic carbocycles. The van der Waals surface area contributed by atoms with Gasteiger partial charge >= 0.3 is 0 Å². The van der Waals surface area contributed by atoms with Gasteiger partial charge < -0.3 is 14.8 Å². The lowest BCUT2D eigenvalue weighted by molar-refractivity contribution is 0.188. The van der Waals surface area contributed by atoms with Crippen LogP contribution in [0.1, 0.15) is 13.3 Å². The minimum absolute atomic E-state index is 0.291. The number of hydrogen-bond donors (Lipinski definition) is 2. The van der Waals surface area contributed by atoms with Crippen LogP contribution >= 0.6 is 0 Å². The Kier molecular flexibility index (Phi) is 2.87. The molecule has 0 bridgehead atoms. The van der Waals surface area contributed by atoms with Gasteiger partial charge in [0.1, 0.15) is 11.4 Å². The zero-order valence-electron chi connectivity index (χ0n) is 8.60. The van der Waals surface area contributed by atoms with E-state index >= 15 is 0 Å². The van der Waals surface area contributed by atoms with Crippen molar-refractivity contribution >= 4 is 16.8 Å². The number of aliphatic hydroxyl groups is 1. The first-order chi connectivity index (χ1) is 7.27. The first kappa shape index (κ1) is 9.98. The Labute approximate surface area is 87.9 Å². The van der Waals surface area contributed by atoms with Gasteiger partial charge in [0.15, 0.2) is 0 Å². The monoisotopic (exact) mass is 206 g/mol. The zero-order valence-corrected chi connectivity index (χ0v) is 8.60. The number of aliphatic hydroxyl groups excluding tert-OH is 1. The van der Waals surface area contributed by atoms with Gasteiger partial charge in [-0.25, -0.2) is 4.98 Å². The van der Waals surface area contributed by atoms with Crippen LogP contribution in [0.15, 0.2) is 29.0 Å². The number of pyridine rings is 1. The van der Waals surface area contributed by atoms with Gasteiger partial charge in [-0.05, 0) is 25.5 Å². The largest absolute Gasteiger partial charge is 0.464 e. The third-order valence-corrected chi connectivity index (χ3v) is 2.23. The fraction of sp³-hybridized carbons (Fsp3) is 0.364. The Balaban J connectivity index is 2.10. The minimum Gasteiger partial charge on any atom is -0.464 e. The maximum atomic E-state index is 9.12. The SMILES string of the molecule is CC(O)CCNc1nccc2occc12. The standard InChI is InChI=1S/C11H14N2O2/c1-8(14)2-5-12-11-9-4-7-15-10(9)3-6-13-11/h3-4,6-8,14H,2,5H2,1H3,(H,12,13). The van der Waals surface area contributed by atoms with E-state index in [4.69, 9.17) is 9.52 Å². The van der Waals surface area contributed by atoms with E-state index in [-0.39, 0.29) is 6.10 Å². The molecule has 0 amide bonds. The summed E-state index contributed by atoms with van der Waals surface area (Å²) in [4.78, 5) is 4.22. The van der Waals surface area contributed by atoms with Crippen LogP contribution < -0.4 is 5.32 Å². The van der Waals surface area contributed by atoms with Crippen molar-refractivity contribution in [2.75, 3.05) is 11.9 Å². The summed E-state index contributed by atoms with van der Waals surface area (Å²) in [5, 5.41) is 13.3. The van der Waals surface area contributed by atoms with Crippen LogP contribution in [0, 0.1) is 0 Å². The van der Waals surface area contributed by atoms with Gasteiger partial charge in [0.25, 0.3) is 0 Å². The van der Waals surface area contributed by atoms with E-state index < -0.39 is 0 Å². The van der Waals surface area contributed by atoms with Gasteiger partial charge in [-0.15, -0.1) is 0 Å². The van der Waals surface area contributed by atoms with Gasteiger partial charge in [-0.3, -0.25) is 0 Å². The zero-order chi connectivity index (χ0) is 10.7. The van der Waals surface area contributed by atoms with Crippen molar-refractivity contribution in [3.63, 3.8) is 0 Å². The molecule has 80 valence electrons. The average molecular weight is 206 g/mol. The van der Waals surface area contributed by atoms with Crippen molar-refractivity contribution in [2.24, 2.45) is 0 Å². The summed E-state index contributed by atoms with van der Waals surface area (Å²) in [6, 6.07) is 3.71. The molecule has 1 atom stereocenters. The van der Waals surface area contributed by atoms with Crippen LogP contribution in [0.4, 0.5) is 5.82 Å². The molecule has 0 aromatic carbocycles. The minimum atomic E-state index is -0.291. The first-order valence-electron chi connectivity index (χ1n) is 5.01. The van der Waals surface area contributed by atoms with Crippen molar-refractivity contribution < 1.29 is 9.52 Å². The summed E-state index contributed by atoms with van der Waals surface area (Å²) in [7, 11) is 0. The summed E-state index contributed by atoms with van der Waals surface area (Å²) >= 11 is 0. The molecule has 15 heavy (non-hydrogen) atoms. The molecular weight excluding hydrogens is 192 g/mol. The Hall–Kier alpha value is -1.55. The molecule has 0 saturated heterocycles. The topological polar surface area (TPSA) is 58.3 Å². The molecule has 2 N–H and O–H groups in total. The van der Waals surface area contributed by atoms with E-state index in [9.17, 15) is 0 Å². The molecule has 4 nitrogen and oxygen atoms in total. The first-order valence-corrected chi connectivity index (χ1v) is 5.01. The molecule has 0 spiro atoms. The van der Waals surface area contributed by atoms with Gasteiger partial charge in [0, 0.05) is 12.7 Å². The van der Waals surface area contributed by atoms with Crippen molar-refractivity contribution in [3.05, 3.63) is 24.6 Å². The van der Waals surface area contributed by atoms with Crippen molar-refractivity contribution in [1.29, 1.82) is 0 Å². The lowest BCUT2D eigenvalue weighted by atomic mass is 10.2. The Morgan fingerprint density at radius 1 is 1.53 bits per heavy atom. The Bertz CT molecular complexity index is 437. The number of nitrogens with zero attached hydrogens (tertiary/aromatic N) is 1. The van der Waals surface area contributed by atoms with Crippen LogP contribution in [0.25, 0.3) is 11.0 Å². The van der Waals surface area contributed by atoms with Crippen LogP contribution in [0.5, 0.6) is 0 Å². The summed E-state index contributed by atoms with van der Waals surface area (Å²) < 4.78 is 5.26. The third-order valence-electron chi connectivity index (χ3n) is 2.23. The highest BCUT2D eigenvalue weighted by Crippen LogP contribution is 2.21. The van der Waals surface area contributed by atoms with E-state index in [0.717, 1.165) is 16.8 Å². The molecule has 0 fully saturated rings. The van der Waals surface area contributed by atoms with Gasteiger partial charge in [-0.1, -0.05) is 0 Å². The number of furan rings is 1. The maximum absolute atomic E-state index is 9.12. The summed E-state index contributed by atoms with van der Waals surface area (Å²) in [6.07, 6.45) is 3.76. The van der Waals surface area contributed by atoms with Gasteiger partial charge in [-0.2, -0.15) is 0 Å². The lowest BCUT2D eigenvalue weighted by Gasteiger charge is -2.07. The highest BCUT2D eigenvalue weighted by molar-refractivity contribution is 5.87. The number of anilines is 1. The second-order valence-corrected chi connectivity index (χ2v) is 3.56. The summed E-state index contributed by atoms with van der Waals surface area (Å²) in [5.74, 6) is 0.807. The van der Waals surface area contributed by atoms with Gasteiger partial charge in [0.05, 0.1) is 17.8 Å². The molecule has 2 rings (SSSR count). The van der Waals surface area contributed by atoms with E-state index in [2.05, 4.69) is 10.3 Å². The molecule has 0 saturated carbocycles. The fourth-order valence-corrected chi connectivity index (χ4v) is 1.44. The molecule has 2 aromatic rings. The predicted molar refractivity (Wildman–Crippen MR) is 58.8 cm³/mol. The normalized spacial score (nSPS) is 12.9. The van der Waals surface area contributed by atoms with E-state index in [1.54, 1.807) is 19.4 Å². The second-order valence-electron chi connectivity index (χ2n) is 3.56. The Morgan fingerprint density at radius 2 is 2.40 bits per heavy atom. The number of hydrogen-bond acceptors (Lipinski definition) is 4. The molecule has 2 heterocycles. The molecule has 1 unspecified atom stereocenters. The number of nitrogens with one attached hydrogen (secondary N) is 1. The van der Waals surface area contributed by atoms with Crippen LogP contribution in [-0.4, -0.2) is 22.7 Å². The number of rotatable bonds is 4. The fourth-order valence-electron chi connectivity index (χ4n) is 1.44. The van der Waals surface area contributed by atoms with Crippen molar-refractivity contribution in [3.8, 4) is 0 Å². The smallest absolute Gasteiger partial charge is 0.139 e. The van der Waals surface area contributed by atoms with Gasteiger partial charge in [0.2, 0.25) is 0 Å². The highest BCUT2D eigenvalue weighted by Gasteiger charge is 2.04. The summed E-state index contributed by atoms with van der Waals surface area (Å²) in [6.45, 7) is 2.47. The van der Waals surface area contributed by atoms with E-state index in [1.165, 1.54) is 0 Å². The molecule has 2 aromatic heterocycles. The van der Waals surface area contributed by atoms with Crippen LogP contribution in [0.2, 0.25) is 0 Å². The Morgan fingerprint density at radius 3 is 3.20 bits per heavy atom.